The third-order valence-corrected chi connectivity index (χ3v) is 6.44. The molecule has 7 heteroatoms. The molecule has 0 aliphatic carbocycles. The monoisotopic (exact) mass is 483 g/mol. The van der Waals surface area contributed by atoms with Crippen LogP contribution in [0.1, 0.15) is 63.1 Å². The van der Waals surface area contributed by atoms with Crippen LogP contribution >= 0.6 is 11.6 Å². The highest BCUT2D eigenvalue weighted by Gasteiger charge is 2.45. The molecule has 3 rings (SSSR count). The summed E-state index contributed by atoms with van der Waals surface area (Å²) in [7, 11) is 0. The van der Waals surface area contributed by atoms with Gasteiger partial charge in [-0.2, -0.15) is 0 Å². The van der Waals surface area contributed by atoms with Crippen LogP contribution in [0.5, 0.6) is 0 Å². The van der Waals surface area contributed by atoms with Gasteiger partial charge in [-0.1, -0.05) is 44.4 Å². The molecule has 2 heterocycles. The third kappa shape index (κ3) is 6.24. The van der Waals surface area contributed by atoms with Gasteiger partial charge >= 0.3 is 0 Å². The number of pyridine rings is 1. The zero-order valence-corrected chi connectivity index (χ0v) is 20.8. The largest absolute Gasteiger partial charge is 0.507 e. The molecule has 0 spiro atoms. The Bertz CT molecular complexity index is 984. The number of likely N-dealkylation sites (tertiary alicyclic amines) is 1. The number of rotatable bonds is 12. The first-order chi connectivity index (χ1) is 16.5. The van der Waals surface area contributed by atoms with E-state index in [-0.39, 0.29) is 11.3 Å². The minimum absolute atomic E-state index is 0.0918. The van der Waals surface area contributed by atoms with Crippen molar-refractivity contribution >= 4 is 29.1 Å². The molecule has 1 amide bonds. The summed E-state index contributed by atoms with van der Waals surface area (Å²) in [4.78, 5) is 34.4. The number of hydrogen-bond donors (Lipinski definition) is 1. The minimum atomic E-state index is -0.677. The first-order valence-electron chi connectivity index (χ1n) is 12.1. The maximum absolute atomic E-state index is 13.1. The van der Waals surface area contributed by atoms with E-state index in [1.165, 1.54) is 0 Å². The van der Waals surface area contributed by atoms with Crippen molar-refractivity contribution < 1.29 is 14.7 Å². The molecule has 1 aromatic heterocycles. The Morgan fingerprint density at radius 2 is 1.68 bits per heavy atom. The second-order valence-electron chi connectivity index (χ2n) is 8.69. The van der Waals surface area contributed by atoms with Gasteiger partial charge in [-0.25, -0.2) is 0 Å². The van der Waals surface area contributed by atoms with Crippen LogP contribution in [0.2, 0.25) is 5.02 Å². The first-order valence-corrected chi connectivity index (χ1v) is 12.5. The lowest BCUT2D eigenvalue weighted by Crippen LogP contribution is -2.34. The van der Waals surface area contributed by atoms with Gasteiger partial charge in [0.1, 0.15) is 5.76 Å². The van der Waals surface area contributed by atoms with Crippen LogP contribution in [0.15, 0.2) is 54.4 Å². The Hall–Kier alpha value is -2.70. The molecule has 2 aromatic rings. The molecular weight excluding hydrogens is 450 g/mol. The zero-order chi connectivity index (χ0) is 24.5. The summed E-state index contributed by atoms with van der Waals surface area (Å²) in [6.45, 7) is 7.74. The molecule has 34 heavy (non-hydrogen) atoms. The number of ketones is 1. The normalized spacial score (nSPS) is 17.6. The Morgan fingerprint density at radius 3 is 2.26 bits per heavy atom. The van der Waals surface area contributed by atoms with Gasteiger partial charge in [0, 0.05) is 29.5 Å². The fourth-order valence-electron chi connectivity index (χ4n) is 4.32. The molecule has 1 aliphatic heterocycles. The third-order valence-electron chi connectivity index (χ3n) is 6.19. The number of hydrogen-bond acceptors (Lipinski definition) is 5. The molecule has 182 valence electrons. The fourth-order valence-corrected chi connectivity index (χ4v) is 4.45. The average Bonchev–Trinajstić information content (AvgIpc) is 3.11. The van der Waals surface area contributed by atoms with Crippen molar-refractivity contribution in [3.8, 4) is 0 Å². The Balaban J connectivity index is 1.87. The van der Waals surface area contributed by atoms with Gasteiger partial charge in [-0.15, -0.1) is 0 Å². The number of benzene rings is 1. The van der Waals surface area contributed by atoms with Crippen molar-refractivity contribution in [2.24, 2.45) is 0 Å². The summed E-state index contributed by atoms with van der Waals surface area (Å²) in [5.41, 5.74) is 1.24. The molecule has 6 nitrogen and oxygen atoms in total. The van der Waals surface area contributed by atoms with Crippen LogP contribution in [-0.2, 0) is 9.59 Å². The smallest absolute Gasteiger partial charge is 0.295 e. The van der Waals surface area contributed by atoms with E-state index < -0.39 is 17.7 Å². The molecule has 1 N–H and O–H groups in total. The number of nitrogens with zero attached hydrogens (tertiary/aromatic N) is 3. The van der Waals surface area contributed by atoms with Gasteiger partial charge in [-0.3, -0.25) is 14.6 Å². The topological polar surface area (TPSA) is 73.7 Å². The van der Waals surface area contributed by atoms with Crippen LogP contribution in [-0.4, -0.2) is 57.8 Å². The molecule has 1 aromatic carbocycles. The summed E-state index contributed by atoms with van der Waals surface area (Å²) in [6, 6.07) is 9.51. The fraction of sp³-hybridized carbons (Fsp3) is 0.444. The molecular formula is C27H34ClN3O3. The summed E-state index contributed by atoms with van der Waals surface area (Å²) >= 11 is 5.98. The second-order valence-corrected chi connectivity index (χ2v) is 9.12. The maximum atomic E-state index is 13.1. The van der Waals surface area contributed by atoms with Gasteiger partial charge in [-0.05, 0) is 74.8 Å². The van der Waals surface area contributed by atoms with Gasteiger partial charge < -0.3 is 14.9 Å². The van der Waals surface area contributed by atoms with E-state index in [1.807, 2.05) is 6.07 Å². The van der Waals surface area contributed by atoms with E-state index in [4.69, 9.17) is 11.6 Å². The minimum Gasteiger partial charge on any atom is -0.507 e. The highest BCUT2D eigenvalue weighted by Crippen LogP contribution is 2.39. The number of amides is 1. The van der Waals surface area contributed by atoms with E-state index >= 15 is 0 Å². The quantitative estimate of drug-likeness (QED) is 0.247. The van der Waals surface area contributed by atoms with Gasteiger partial charge in [0.25, 0.3) is 11.7 Å². The summed E-state index contributed by atoms with van der Waals surface area (Å²) in [5, 5.41) is 11.6. The van der Waals surface area contributed by atoms with Crippen molar-refractivity contribution in [2.45, 2.75) is 52.0 Å². The number of carbonyl (C=O) groups excluding carboxylic acids is 2. The number of Topliss-reactive ketones (excluding diaryl/α,β-unsaturated/α-hetero) is 1. The second kappa shape index (κ2) is 12.7. The van der Waals surface area contributed by atoms with Crippen molar-refractivity contribution in [3.63, 3.8) is 0 Å². The van der Waals surface area contributed by atoms with Crippen molar-refractivity contribution in [1.82, 2.24) is 14.8 Å². The van der Waals surface area contributed by atoms with E-state index in [2.05, 4.69) is 23.7 Å². The summed E-state index contributed by atoms with van der Waals surface area (Å²) in [6.07, 6.45) is 8.61. The van der Waals surface area contributed by atoms with Crippen LogP contribution in [0, 0.1) is 0 Å². The summed E-state index contributed by atoms with van der Waals surface area (Å²) < 4.78 is 0. The lowest BCUT2D eigenvalue weighted by molar-refractivity contribution is -0.140. The van der Waals surface area contributed by atoms with Crippen molar-refractivity contribution in [3.05, 3.63) is 70.5 Å². The van der Waals surface area contributed by atoms with Gasteiger partial charge in [0.2, 0.25) is 0 Å². The van der Waals surface area contributed by atoms with Crippen LogP contribution in [0.4, 0.5) is 0 Å². The molecule has 1 saturated heterocycles. The molecule has 1 atom stereocenters. The highest BCUT2D eigenvalue weighted by molar-refractivity contribution is 6.46. The average molecular weight is 484 g/mol. The number of unbranched alkanes of at least 4 members (excludes halogenated alkanes) is 2. The summed E-state index contributed by atoms with van der Waals surface area (Å²) in [5.74, 6) is -1.45. The zero-order valence-electron chi connectivity index (χ0n) is 20.0. The maximum Gasteiger partial charge on any atom is 0.295 e. The number of aliphatic hydroxyl groups excluding tert-OH is 1. The predicted molar refractivity (Wildman–Crippen MR) is 136 cm³/mol. The number of aromatic nitrogens is 1. The molecule has 1 fully saturated rings. The van der Waals surface area contributed by atoms with E-state index in [0.717, 1.165) is 51.7 Å². The van der Waals surface area contributed by atoms with Crippen molar-refractivity contribution in [1.29, 1.82) is 0 Å². The molecule has 0 radical (unpaired) electrons. The van der Waals surface area contributed by atoms with E-state index in [9.17, 15) is 14.7 Å². The Kier molecular flexibility index (Phi) is 9.66. The lowest BCUT2D eigenvalue weighted by Gasteiger charge is -2.27. The SMILES string of the molecule is CCCCN(CCCC)CCCN1C(=O)C(=O)C(=C(O)c2ccc(Cl)cc2)[C@H]1c1cccnc1. The molecule has 0 bridgehead atoms. The number of halogens is 1. The van der Waals surface area contributed by atoms with Crippen LogP contribution < -0.4 is 0 Å². The highest BCUT2D eigenvalue weighted by atomic mass is 35.5. The van der Waals surface area contributed by atoms with Crippen LogP contribution in [0.25, 0.3) is 5.76 Å². The predicted octanol–water partition coefficient (Wildman–Crippen LogP) is 5.45. The van der Waals surface area contributed by atoms with E-state index in [0.29, 0.717) is 22.7 Å². The molecule has 1 aliphatic rings. The van der Waals surface area contributed by atoms with Crippen molar-refractivity contribution in [2.75, 3.05) is 26.2 Å². The van der Waals surface area contributed by atoms with Gasteiger partial charge in [0.05, 0.1) is 11.6 Å². The Labute approximate surface area is 207 Å². The van der Waals surface area contributed by atoms with Gasteiger partial charge in [0.15, 0.2) is 0 Å². The Morgan fingerprint density at radius 1 is 1.03 bits per heavy atom. The lowest BCUT2D eigenvalue weighted by atomic mass is 9.96. The number of carbonyl (C=O) groups is 2. The first kappa shape index (κ1) is 25.9. The molecule has 0 unspecified atom stereocenters. The molecule has 0 saturated carbocycles. The van der Waals surface area contributed by atoms with Crippen LogP contribution in [0.3, 0.4) is 0 Å². The van der Waals surface area contributed by atoms with E-state index in [1.54, 1.807) is 47.6 Å². The number of aliphatic hydroxyl groups is 1. The standard InChI is InChI=1S/C27H34ClN3O3/c1-3-5-15-30(16-6-4-2)17-8-18-31-24(21-9-7-14-29-19-21)23(26(33)27(31)34)25(32)20-10-12-22(28)13-11-20/h7,9-14,19,24,32H,3-6,8,15-18H2,1-2H3/t24-/m1/s1.